The molecule has 1 heterocycles. The van der Waals surface area contributed by atoms with E-state index in [1.807, 2.05) is 37.8 Å². The summed E-state index contributed by atoms with van der Waals surface area (Å²) in [4.78, 5) is 1.09. The normalized spacial score (nSPS) is 10.9. The van der Waals surface area contributed by atoms with E-state index in [0.717, 1.165) is 27.2 Å². The molecule has 18 heavy (non-hydrogen) atoms. The number of nitrogens with one attached hydrogen (secondary N) is 1. The van der Waals surface area contributed by atoms with Gasteiger partial charge in [0.2, 0.25) is 0 Å². The van der Waals surface area contributed by atoms with Crippen LogP contribution >= 0.6 is 23.4 Å². The van der Waals surface area contributed by atoms with E-state index >= 15 is 0 Å². The van der Waals surface area contributed by atoms with E-state index in [4.69, 9.17) is 11.6 Å². The van der Waals surface area contributed by atoms with Gasteiger partial charge in [-0.1, -0.05) is 35.5 Å². The first-order valence-electron chi connectivity index (χ1n) is 5.72. The third-order valence-electron chi connectivity index (χ3n) is 2.58. The van der Waals surface area contributed by atoms with Crippen LogP contribution in [0.4, 0.5) is 0 Å². The Kier molecular flexibility index (Phi) is 4.32. The highest BCUT2D eigenvalue weighted by Gasteiger charge is 2.11. The molecular weight excluding hydrogens is 266 g/mol. The fourth-order valence-corrected chi connectivity index (χ4v) is 3.14. The minimum absolute atomic E-state index is 0.784. The molecule has 0 radical (unpaired) electrons. The zero-order chi connectivity index (χ0) is 13.1. The number of hydrogen-bond donors (Lipinski definition) is 1. The van der Waals surface area contributed by atoms with Crippen LogP contribution in [0.25, 0.3) is 0 Å². The lowest BCUT2D eigenvalue weighted by atomic mass is 10.2. The quantitative estimate of drug-likeness (QED) is 0.933. The molecule has 0 atom stereocenters. The molecule has 0 amide bonds. The van der Waals surface area contributed by atoms with E-state index < -0.39 is 0 Å². The van der Waals surface area contributed by atoms with Gasteiger partial charge < -0.3 is 5.32 Å². The molecule has 0 saturated carbocycles. The topological polar surface area (TPSA) is 29.9 Å². The fraction of sp³-hybridized carbons (Fsp3) is 0.308. The van der Waals surface area contributed by atoms with E-state index in [9.17, 15) is 0 Å². The first kappa shape index (κ1) is 13.5. The van der Waals surface area contributed by atoms with Crippen molar-refractivity contribution >= 4 is 23.4 Å². The highest BCUT2D eigenvalue weighted by molar-refractivity contribution is 7.99. The van der Waals surface area contributed by atoms with E-state index in [2.05, 4.69) is 22.5 Å². The van der Waals surface area contributed by atoms with E-state index in [1.165, 1.54) is 5.56 Å². The van der Waals surface area contributed by atoms with Crippen LogP contribution in [0.5, 0.6) is 0 Å². The summed E-state index contributed by atoms with van der Waals surface area (Å²) >= 11 is 7.95. The molecule has 0 aliphatic heterocycles. The SMILES string of the molecule is CNCc1cccc(Cl)c1Sc1cc(C)nn1C. The van der Waals surface area contributed by atoms with Crippen molar-refractivity contribution < 1.29 is 0 Å². The van der Waals surface area contributed by atoms with Gasteiger partial charge in [0, 0.05) is 18.5 Å². The molecule has 1 aromatic carbocycles. The number of aromatic nitrogens is 2. The Morgan fingerprint density at radius 1 is 1.44 bits per heavy atom. The van der Waals surface area contributed by atoms with Gasteiger partial charge in [0.05, 0.1) is 15.7 Å². The molecule has 0 spiro atoms. The van der Waals surface area contributed by atoms with Crippen molar-refractivity contribution in [2.45, 2.75) is 23.4 Å². The summed E-state index contributed by atoms with van der Waals surface area (Å²) in [6.45, 7) is 2.80. The number of nitrogens with zero attached hydrogens (tertiary/aromatic N) is 2. The minimum Gasteiger partial charge on any atom is -0.316 e. The van der Waals surface area contributed by atoms with Crippen LogP contribution < -0.4 is 5.32 Å². The Labute approximate surface area is 117 Å². The summed E-state index contributed by atoms with van der Waals surface area (Å²) in [7, 11) is 3.88. The van der Waals surface area contributed by atoms with Gasteiger partial charge in [0.15, 0.2) is 0 Å². The number of aryl methyl sites for hydroxylation is 2. The first-order valence-corrected chi connectivity index (χ1v) is 6.91. The van der Waals surface area contributed by atoms with Crippen molar-refractivity contribution in [3.05, 3.63) is 40.5 Å². The molecule has 0 saturated heterocycles. The summed E-state index contributed by atoms with van der Waals surface area (Å²) in [5.74, 6) is 0. The third kappa shape index (κ3) is 2.88. The number of halogens is 1. The number of rotatable bonds is 4. The van der Waals surface area contributed by atoms with Crippen molar-refractivity contribution in [3.63, 3.8) is 0 Å². The maximum atomic E-state index is 6.30. The van der Waals surface area contributed by atoms with Crippen LogP contribution in [-0.4, -0.2) is 16.8 Å². The van der Waals surface area contributed by atoms with E-state index in [1.54, 1.807) is 11.8 Å². The lowest BCUT2D eigenvalue weighted by molar-refractivity contribution is 0.692. The number of hydrogen-bond acceptors (Lipinski definition) is 3. The van der Waals surface area contributed by atoms with Crippen LogP contribution in [0.15, 0.2) is 34.2 Å². The van der Waals surface area contributed by atoms with Crippen LogP contribution in [0.2, 0.25) is 5.02 Å². The second-order valence-electron chi connectivity index (χ2n) is 4.11. The fourth-order valence-electron chi connectivity index (χ4n) is 1.78. The van der Waals surface area contributed by atoms with Crippen molar-refractivity contribution in [2.24, 2.45) is 7.05 Å². The van der Waals surface area contributed by atoms with E-state index in [-0.39, 0.29) is 0 Å². The summed E-state index contributed by atoms with van der Waals surface area (Å²) in [5, 5.41) is 9.39. The van der Waals surface area contributed by atoms with Gasteiger partial charge in [-0.25, -0.2) is 0 Å². The minimum atomic E-state index is 0.784. The maximum absolute atomic E-state index is 6.30. The van der Waals surface area contributed by atoms with Gasteiger partial charge >= 0.3 is 0 Å². The smallest absolute Gasteiger partial charge is 0.0987 e. The first-order chi connectivity index (χ1) is 8.61. The Bertz CT molecular complexity index is 551. The summed E-state index contributed by atoms with van der Waals surface area (Å²) in [6.07, 6.45) is 0. The summed E-state index contributed by atoms with van der Waals surface area (Å²) < 4.78 is 1.88. The molecular formula is C13H16ClN3S. The largest absolute Gasteiger partial charge is 0.316 e. The van der Waals surface area contributed by atoms with Gasteiger partial charge in [-0.05, 0) is 31.7 Å². The Balaban J connectivity index is 2.36. The predicted molar refractivity (Wildman–Crippen MR) is 76.3 cm³/mol. The lowest BCUT2D eigenvalue weighted by Crippen LogP contribution is -2.06. The third-order valence-corrected chi connectivity index (χ3v) is 4.29. The lowest BCUT2D eigenvalue weighted by Gasteiger charge is -2.10. The molecule has 2 rings (SSSR count). The van der Waals surface area contributed by atoms with Gasteiger partial charge in [-0.15, -0.1) is 0 Å². The second kappa shape index (κ2) is 5.78. The van der Waals surface area contributed by atoms with Gasteiger partial charge in [-0.2, -0.15) is 5.10 Å². The Morgan fingerprint density at radius 3 is 2.83 bits per heavy atom. The molecule has 1 N–H and O–H groups in total. The average Bonchev–Trinajstić information content (AvgIpc) is 2.62. The van der Waals surface area contributed by atoms with Crippen LogP contribution in [0.1, 0.15) is 11.3 Å². The van der Waals surface area contributed by atoms with Gasteiger partial charge in [0.1, 0.15) is 0 Å². The highest BCUT2D eigenvalue weighted by atomic mass is 35.5. The molecule has 1 aromatic heterocycles. The molecule has 5 heteroatoms. The van der Waals surface area contributed by atoms with E-state index in [0.29, 0.717) is 0 Å². The second-order valence-corrected chi connectivity index (χ2v) is 5.55. The van der Waals surface area contributed by atoms with Crippen molar-refractivity contribution in [2.75, 3.05) is 7.05 Å². The molecule has 2 aromatic rings. The maximum Gasteiger partial charge on any atom is 0.0987 e. The molecule has 0 bridgehead atoms. The average molecular weight is 282 g/mol. The van der Waals surface area contributed by atoms with Crippen LogP contribution in [0.3, 0.4) is 0 Å². The van der Waals surface area contributed by atoms with Crippen LogP contribution in [-0.2, 0) is 13.6 Å². The molecule has 3 nitrogen and oxygen atoms in total. The van der Waals surface area contributed by atoms with Crippen LogP contribution in [0, 0.1) is 6.92 Å². The highest BCUT2D eigenvalue weighted by Crippen LogP contribution is 2.36. The zero-order valence-electron chi connectivity index (χ0n) is 10.7. The summed E-state index contributed by atoms with van der Waals surface area (Å²) in [6, 6.07) is 8.06. The molecule has 0 aliphatic rings. The molecule has 0 fully saturated rings. The number of benzene rings is 1. The molecule has 96 valence electrons. The predicted octanol–water partition coefficient (Wildman–Crippen LogP) is 3.25. The molecule has 0 aliphatic carbocycles. The monoisotopic (exact) mass is 281 g/mol. The van der Waals surface area contributed by atoms with Gasteiger partial charge in [-0.3, -0.25) is 4.68 Å². The van der Waals surface area contributed by atoms with Gasteiger partial charge in [0.25, 0.3) is 0 Å². The summed E-state index contributed by atoms with van der Waals surface area (Å²) in [5.41, 5.74) is 2.22. The van der Waals surface area contributed by atoms with Crippen molar-refractivity contribution in [1.82, 2.24) is 15.1 Å². The van der Waals surface area contributed by atoms with Crippen molar-refractivity contribution in [1.29, 1.82) is 0 Å². The zero-order valence-corrected chi connectivity index (χ0v) is 12.3. The standard InChI is InChI=1S/C13H16ClN3S/c1-9-7-12(17(3)16-9)18-13-10(8-15-2)5-4-6-11(13)14/h4-7,15H,8H2,1-3H3. The molecule has 0 unspecified atom stereocenters. The van der Waals surface area contributed by atoms with Crippen molar-refractivity contribution in [3.8, 4) is 0 Å². The Hall–Kier alpha value is -0.970. The Morgan fingerprint density at radius 2 is 2.22 bits per heavy atom.